The molecule has 0 aromatic heterocycles. The lowest BCUT2D eigenvalue weighted by atomic mass is 10.0. The largest absolute Gasteiger partial charge is 0.608 e. The van der Waals surface area contributed by atoms with Crippen LogP contribution in [0.25, 0.3) is 0 Å². The summed E-state index contributed by atoms with van der Waals surface area (Å²) in [6.07, 6.45) is 0. The van der Waals surface area contributed by atoms with E-state index in [2.05, 4.69) is 10.3 Å². The van der Waals surface area contributed by atoms with Gasteiger partial charge in [-0.1, -0.05) is 82.1 Å². The van der Waals surface area contributed by atoms with Gasteiger partial charge in [0.15, 0.2) is 0 Å². The Morgan fingerprint density at radius 3 is 1.52 bits per heavy atom. The standard InChI is InChI=1S/C15H13ClN2O2Si/c1-21(16)19-17-14(12-8-4-2-5-9-12)15(18-20-21)13-10-6-3-7-11-13/h2-11H,1H3. The van der Waals surface area contributed by atoms with Crippen molar-refractivity contribution < 1.29 is 9.05 Å². The summed E-state index contributed by atoms with van der Waals surface area (Å²) >= 11 is 6.16. The van der Waals surface area contributed by atoms with Crippen molar-refractivity contribution in [2.24, 2.45) is 10.3 Å². The number of hydrogen-bond donors (Lipinski definition) is 0. The van der Waals surface area contributed by atoms with Gasteiger partial charge in [-0.3, -0.25) is 0 Å². The van der Waals surface area contributed by atoms with Gasteiger partial charge < -0.3 is 9.05 Å². The number of halogens is 1. The van der Waals surface area contributed by atoms with Crippen molar-refractivity contribution in [1.82, 2.24) is 0 Å². The lowest BCUT2D eigenvalue weighted by Gasteiger charge is -2.10. The average molecular weight is 317 g/mol. The maximum atomic E-state index is 6.16. The first-order valence-electron chi connectivity index (χ1n) is 6.48. The molecule has 21 heavy (non-hydrogen) atoms. The Labute approximate surface area is 128 Å². The van der Waals surface area contributed by atoms with Gasteiger partial charge in [0.05, 0.1) is 0 Å². The minimum atomic E-state index is -2.89. The van der Waals surface area contributed by atoms with Gasteiger partial charge in [0.25, 0.3) is 0 Å². The molecule has 0 saturated carbocycles. The normalized spacial score (nSPS) is 16.9. The number of benzene rings is 2. The van der Waals surface area contributed by atoms with Gasteiger partial charge in [-0.05, 0) is 0 Å². The first kappa shape index (κ1) is 13.9. The smallest absolute Gasteiger partial charge is 0.392 e. The summed E-state index contributed by atoms with van der Waals surface area (Å²) < 4.78 is 10.7. The summed E-state index contributed by atoms with van der Waals surface area (Å²) in [7, 11) is -2.89. The van der Waals surface area contributed by atoms with Gasteiger partial charge in [-0.2, -0.15) is 0 Å². The molecule has 106 valence electrons. The highest BCUT2D eigenvalue weighted by Crippen LogP contribution is 2.20. The van der Waals surface area contributed by atoms with Crippen molar-refractivity contribution in [2.45, 2.75) is 6.55 Å². The average Bonchev–Trinajstić information content (AvgIpc) is 2.67. The predicted molar refractivity (Wildman–Crippen MR) is 85.6 cm³/mol. The Kier molecular flexibility index (Phi) is 3.77. The molecule has 6 heteroatoms. The molecule has 4 nitrogen and oxygen atoms in total. The van der Waals surface area contributed by atoms with E-state index in [0.717, 1.165) is 11.1 Å². The lowest BCUT2D eigenvalue weighted by Crippen LogP contribution is -2.26. The van der Waals surface area contributed by atoms with E-state index in [1.54, 1.807) is 6.55 Å². The minimum absolute atomic E-state index is 0.610. The van der Waals surface area contributed by atoms with E-state index in [1.807, 2.05) is 60.7 Å². The molecule has 0 saturated heterocycles. The highest BCUT2D eigenvalue weighted by atomic mass is 35.6. The van der Waals surface area contributed by atoms with Crippen molar-refractivity contribution in [2.75, 3.05) is 0 Å². The molecule has 1 heterocycles. The fourth-order valence-corrected chi connectivity index (χ4v) is 2.68. The van der Waals surface area contributed by atoms with Crippen LogP contribution < -0.4 is 0 Å². The van der Waals surface area contributed by atoms with Gasteiger partial charge in [0, 0.05) is 17.7 Å². The van der Waals surface area contributed by atoms with E-state index >= 15 is 0 Å². The van der Waals surface area contributed by atoms with Crippen molar-refractivity contribution in [1.29, 1.82) is 0 Å². The Morgan fingerprint density at radius 1 is 0.762 bits per heavy atom. The Balaban J connectivity index is 2.11. The second kappa shape index (κ2) is 5.71. The second-order valence-electron chi connectivity index (χ2n) is 4.63. The highest BCUT2D eigenvalue weighted by Gasteiger charge is 2.37. The number of rotatable bonds is 2. The van der Waals surface area contributed by atoms with Gasteiger partial charge in [0.2, 0.25) is 0 Å². The van der Waals surface area contributed by atoms with Crippen LogP contribution in [0.4, 0.5) is 0 Å². The molecule has 0 atom stereocenters. The monoisotopic (exact) mass is 316 g/mol. The van der Waals surface area contributed by atoms with E-state index < -0.39 is 7.87 Å². The molecule has 0 spiro atoms. The topological polar surface area (TPSA) is 43.2 Å². The summed E-state index contributed by atoms with van der Waals surface area (Å²) in [5.74, 6) is 0. The third-order valence-electron chi connectivity index (χ3n) is 2.92. The third kappa shape index (κ3) is 3.15. The van der Waals surface area contributed by atoms with Crippen LogP contribution in [-0.4, -0.2) is 19.3 Å². The molecule has 0 aliphatic carbocycles. The highest BCUT2D eigenvalue weighted by molar-refractivity contribution is 7.12. The molecular weight excluding hydrogens is 304 g/mol. The van der Waals surface area contributed by atoms with Crippen molar-refractivity contribution >= 4 is 30.4 Å². The van der Waals surface area contributed by atoms with Gasteiger partial charge >= 0.3 is 7.87 Å². The van der Waals surface area contributed by atoms with Gasteiger partial charge in [-0.15, -0.1) is 0 Å². The summed E-state index contributed by atoms with van der Waals surface area (Å²) in [6, 6.07) is 19.4. The molecule has 0 unspecified atom stereocenters. The maximum Gasteiger partial charge on any atom is 0.608 e. The SMILES string of the molecule is C[Si]1(Cl)ON=C(c2ccccc2)C(c2ccccc2)=NO1. The molecule has 2 aromatic rings. The molecule has 0 fully saturated rings. The molecule has 1 aliphatic rings. The third-order valence-corrected chi connectivity index (χ3v) is 4.17. The van der Waals surface area contributed by atoms with Crippen LogP contribution in [0.2, 0.25) is 6.55 Å². The van der Waals surface area contributed by atoms with Crippen LogP contribution in [0.5, 0.6) is 0 Å². The van der Waals surface area contributed by atoms with E-state index in [0.29, 0.717) is 11.4 Å². The Hall–Kier alpha value is -2.11. The zero-order chi connectivity index (χ0) is 14.7. The predicted octanol–water partition coefficient (Wildman–Crippen LogP) is 3.65. The van der Waals surface area contributed by atoms with Crippen molar-refractivity contribution in [3.8, 4) is 0 Å². The molecule has 2 aromatic carbocycles. The zero-order valence-corrected chi connectivity index (χ0v) is 13.1. The molecule has 1 aliphatic heterocycles. The Bertz CT molecular complexity index is 628. The molecule has 3 rings (SSSR count). The minimum Gasteiger partial charge on any atom is -0.392 e. The summed E-state index contributed by atoms with van der Waals surface area (Å²) in [5.41, 5.74) is 3.01. The summed E-state index contributed by atoms with van der Waals surface area (Å²) in [6.45, 7) is 1.68. The Morgan fingerprint density at radius 2 is 1.14 bits per heavy atom. The van der Waals surface area contributed by atoms with E-state index in [-0.39, 0.29) is 0 Å². The van der Waals surface area contributed by atoms with E-state index in [4.69, 9.17) is 20.1 Å². The van der Waals surface area contributed by atoms with Crippen molar-refractivity contribution in [3.05, 3.63) is 71.8 Å². The molecule has 0 radical (unpaired) electrons. The van der Waals surface area contributed by atoms with E-state index in [9.17, 15) is 0 Å². The van der Waals surface area contributed by atoms with Crippen LogP contribution in [0, 0.1) is 0 Å². The van der Waals surface area contributed by atoms with Crippen LogP contribution in [0.3, 0.4) is 0 Å². The quantitative estimate of drug-likeness (QED) is 0.627. The van der Waals surface area contributed by atoms with Crippen LogP contribution in [0.15, 0.2) is 71.0 Å². The number of oxime groups is 2. The second-order valence-corrected chi connectivity index (χ2v) is 8.72. The fourth-order valence-electron chi connectivity index (χ4n) is 1.93. The van der Waals surface area contributed by atoms with Crippen LogP contribution in [0.1, 0.15) is 11.1 Å². The first-order valence-corrected chi connectivity index (χ1v) is 9.81. The first-order chi connectivity index (χ1) is 10.2. The number of hydrogen-bond acceptors (Lipinski definition) is 4. The molecule has 0 amide bonds. The summed E-state index contributed by atoms with van der Waals surface area (Å²) in [4.78, 5) is 0. The van der Waals surface area contributed by atoms with Crippen molar-refractivity contribution in [3.63, 3.8) is 0 Å². The molecular formula is C15H13ClN2O2Si. The molecule has 0 N–H and O–H groups in total. The fraction of sp³-hybridized carbons (Fsp3) is 0.0667. The van der Waals surface area contributed by atoms with E-state index in [1.165, 1.54) is 0 Å². The van der Waals surface area contributed by atoms with Crippen LogP contribution >= 0.6 is 11.1 Å². The maximum absolute atomic E-state index is 6.16. The van der Waals surface area contributed by atoms with Crippen LogP contribution in [-0.2, 0) is 9.05 Å². The number of nitrogens with zero attached hydrogens (tertiary/aromatic N) is 2. The lowest BCUT2D eigenvalue weighted by molar-refractivity contribution is 0.212. The van der Waals surface area contributed by atoms with Gasteiger partial charge in [-0.25, -0.2) is 0 Å². The molecule has 0 bridgehead atoms. The summed E-state index contributed by atoms with van der Waals surface area (Å²) in [5, 5.41) is 8.39. The van der Waals surface area contributed by atoms with Gasteiger partial charge in [0.1, 0.15) is 11.4 Å². The zero-order valence-electron chi connectivity index (χ0n) is 11.4.